The Morgan fingerprint density at radius 2 is 2.18 bits per heavy atom. The standard InChI is InChI=1S/C14H17N3/c1-5-13-12(8-15-4)16-14-7-6-11(10(2)3)9-17(13)14/h5-10H,1H2,2-4H3. The Kier molecular flexibility index (Phi) is 3.09. The summed E-state index contributed by atoms with van der Waals surface area (Å²) in [4.78, 5) is 8.53. The third-order valence-corrected chi connectivity index (χ3v) is 2.82. The lowest BCUT2D eigenvalue weighted by atomic mass is 10.1. The summed E-state index contributed by atoms with van der Waals surface area (Å²) in [5.74, 6) is 0.503. The zero-order chi connectivity index (χ0) is 12.4. The van der Waals surface area contributed by atoms with E-state index in [4.69, 9.17) is 0 Å². The molecular formula is C14H17N3. The van der Waals surface area contributed by atoms with Crippen molar-refractivity contribution in [3.05, 3.63) is 41.9 Å². The van der Waals surface area contributed by atoms with Crippen LogP contribution < -0.4 is 0 Å². The second-order valence-corrected chi connectivity index (χ2v) is 4.32. The first-order valence-corrected chi connectivity index (χ1v) is 5.74. The summed E-state index contributed by atoms with van der Waals surface area (Å²) < 4.78 is 2.07. The average molecular weight is 227 g/mol. The summed E-state index contributed by atoms with van der Waals surface area (Å²) >= 11 is 0. The van der Waals surface area contributed by atoms with Crippen molar-refractivity contribution in [2.45, 2.75) is 19.8 Å². The molecule has 0 unspecified atom stereocenters. The fourth-order valence-corrected chi connectivity index (χ4v) is 1.86. The zero-order valence-electron chi connectivity index (χ0n) is 10.5. The lowest BCUT2D eigenvalue weighted by Crippen LogP contribution is -1.94. The van der Waals surface area contributed by atoms with Crippen LogP contribution >= 0.6 is 0 Å². The topological polar surface area (TPSA) is 29.7 Å². The molecule has 0 fully saturated rings. The van der Waals surface area contributed by atoms with Gasteiger partial charge in [0.2, 0.25) is 0 Å². The van der Waals surface area contributed by atoms with E-state index < -0.39 is 0 Å². The Morgan fingerprint density at radius 1 is 1.41 bits per heavy atom. The van der Waals surface area contributed by atoms with Crippen LogP contribution in [-0.4, -0.2) is 22.6 Å². The van der Waals surface area contributed by atoms with Gasteiger partial charge in [-0.25, -0.2) is 4.98 Å². The van der Waals surface area contributed by atoms with Gasteiger partial charge in [0, 0.05) is 19.5 Å². The summed E-state index contributed by atoms with van der Waals surface area (Å²) in [5, 5.41) is 0. The van der Waals surface area contributed by atoms with E-state index in [1.54, 1.807) is 13.3 Å². The number of fused-ring (bicyclic) bond motifs is 1. The molecule has 0 bridgehead atoms. The SMILES string of the molecule is C=Cc1c(C=NC)nc2ccc(C(C)C)cn12. The van der Waals surface area contributed by atoms with Crippen molar-refractivity contribution < 1.29 is 0 Å². The predicted octanol–water partition coefficient (Wildman–Crippen LogP) is 3.15. The number of pyridine rings is 1. The van der Waals surface area contributed by atoms with Crippen molar-refractivity contribution in [2.75, 3.05) is 7.05 Å². The molecule has 0 aromatic carbocycles. The summed E-state index contributed by atoms with van der Waals surface area (Å²) in [6.07, 6.45) is 5.71. The molecule has 2 heterocycles. The van der Waals surface area contributed by atoms with Gasteiger partial charge >= 0.3 is 0 Å². The van der Waals surface area contributed by atoms with Crippen LogP contribution in [0.1, 0.15) is 36.7 Å². The van der Waals surface area contributed by atoms with Crippen LogP contribution in [0.2, 0.25) is 0 Å². The van der Waals surface area contributed by atoms with E-state index in [0.717, 1.165) is 17.0 Å². The second-order valence-electron chi connectivity index (χ2n) is 4.32. The molecule has 0 saturated carbocycles. The van der Waals surface area contributed by atoms with Gasteiger partial charge in [0.05, 0.1) is 5.69 Å². The smallest absolute Gasteiger partial charge is 0.137 e. The summed E-state index contributed by atoms with van der Waals surface area (Å²) in [7, 11) is 1.75. The third kappa shape index (κ3) is 2.00. The minimum Gasteiger partial charge on any atom is -0.299 e. The maximum Gasteiger partial charge on any atom is 0.137 e. The Morgan fingerprint density at radius 3 is 2.76 bits per heavy atom. The lowest BCUT2D eigenvalue weighted by Gasteiger charge is -2.06. The van der Waals surface area contributed by atoms with Gasteiger partial charge in [0.25, 0.3) is 0 Å². The number of hydrogen-bond acceptors (Lipinski definition) is 2. The average Bonchev–Trinajstić information content (AvgIpc) is 2.65. The molecule has 0 aliphatic heterocycles. The second kappa shape index (κ2) is 4.53. The molecular weight excluding hydrogens is 210 g/mol. The molecule has 3 heteroatoms. The Balaban J connectivity index is 2.71. The van der Waals surface area contributed by atoms with Crippen LogP contribution in [0.5, 0.6) is 0 Å². The van der Waals surface area contributed by atoms with E-state index in [9.17, 15) is 0 Å². The highest BCUT2D eigenvalue weighted by Gasteiger charge is 2.09. The van der Waals surface area contributed by atoms with Gasteiger partial charge in [-0.1, -0.05) is 26.5 Å². The molecule has 0 radical (unpaired) electrons. The van der Waals surface area contributed by atoms with Gasteiger partial charge in [0.15, 0.2) is 0 Å². The number of hydrogen-bond donors (Lipinski definition) is 0. The van der Waals surface area contributed by atoms with E-state index in [1.807, 2.05) is 12.1 Å². The highest BCUT2D eigenvalue weighted by Crippen LogP contribution is 2.18. The first kappa shape index (κ1) is 11.6. The third-order valence-electron chi connectivity index (χ3n) is 2.82. The minimum atomic E-state index is 0.503. The normalized spacial score (nSPS) is 11.8. The van der Waals surface area contributed by atoms with Crippen LogP contribution in [0.15, 0.2) is 29.9 Å². The zero-order valence-corrected chi connectivity index (χ0v) is 10.5. The van der Waals surface area contributed by atoms with Crippen LogP contribution in [0.3, 0.4) is 0 Å². The van der Waals surface area contributed by atoms with E-state index in [-0.39, 0.29) is 0 Å². The van der Waals surface area contributed by atoms with Crippen molar-refractivity contribution in [3.8, 4) is 0 Å². The molecule has 0 aliphatic rings. The minimum absolute atomic E-state index is 0.503. The van der Waals surface area contributed by atoms with Crippen LogP contribution in [0.4, 0.5) is 0 Å². The van der Waals surface area contributed by atoms with Crippen LogP contribution in [0.25, 0.3) is 11.7 Å². The van der Waals surface area contributed by atoms with Gasteiger partial charge in [0.1, 0.15) is 11.3 Å². The van der Waals surface area contributed by atoms with E-state index in [2.05, 4.69) is 47.1 Å². The van der Waals surface area contributed by atoms with Crippen LogP contribution in [0, 0.1) is 0 Å². The monoisotopic (exact) mass is 227 g/mol. The number of nitrogens with zero attached hydrogens (tertiary/aromatic N) is 3. The highest BCUT2D eigenvalue weighted by atomic mass is 15.0. The first-order chi connectivity index (χ1) is 8.17. The molecule has 2 aromatic rings. The molecule has 17 heavy (non-hydrogen) atoms. The van der Waals surface area contributed by atoms with Gasteiger partial charge in [-0.15, -0.1) is 0 Å². The molecule has 0 spiro atoms. The fourth-order valence-electron chi connectivity index (χ4n) is 1.86. The molecule has 0 N–H and O–H groups in total. The molecule has 0 atom stereocenters. The van der Waals surface area contributed by atoms with Crippen molar-refractivity contribution >= 4 is 17.9 Å². The molecule has 0 saturated heterocycles. The van der Waals surface area contributed by atoms with Gasteiger partial charge < -0.3 is 0 Å². The number of imidazole rings is 1. The van der Waals surface area contributed by atoms with Crippen molar-refractivity contribution in [2.24, 2.45) is 4.99 Å². The van der Waals surface area contributed by atoms with Crippen molar-refractivity contribution in [1.82, 2.24) is 9.38 Å². The summed E-state index contributed by atoms with van der Waals surface area (Å²) in [6.45, 7) is 8.21. The fraction of sp³-hybridized carbons (Fsp3) is 0.286. The van der Waals surface area contributed by atoms with Crippen LogP contribution in [-0.2, 0) is 0 Å². The molecule has 2 aromatic heterocycles. The number of rotatable bonds is 3. The molecule has 88 valence electrons. The number of aliphatic imine (C=N–C) groups is 1. The molecule has 0 aliphatic carbocycles. The largest absolute Gasteiger partial charge is 0.299 e. The lowest BCUT2D eigenvalue weighted by molar-refractivity contribution is 0.853. The summed E-state index contributed by atoms with van der Waals surface area (Å²) in [5.41, 5.74) is 4.08. The maximum absolute atomic E-state index is 4.52. The Bertz CT molecular complexity index is 576. The number of aromatic nitrogens is 2. The van der Waals surface area contributed by atoms with Crippen molar-refractivity contribution in [1.29, 1.82) is 0 Å². The van der Waals surface area contributed by atoms with E-state index in [1.165, 1.54) is 5.56 Å². The van der Waals surface area contributed by atoms with Crippen molar-refractivity contribution in [3.63, 3.8) is 0 Å². The van der Waals surface area contributed by atoms with E-state index in [0.29, 0.717) is 5.92 Å². The molecule has 0 amide bonds. The first-order valence-electron chi connectivity index (χ1n) is 5.74. The Labute approximate surface area is 102 Å². The van der Waals surface area contributed by atoms with E-state index >= 15 is 0 Å². The Hall–Kier alpha value is -1.90. The van der Waals surface area contributed by atoms with Gasteiger partial charge in [-0.3, -0.25) is 9.39 Å². The molecule has 2 rings (SSSR count). The maximum atomic E-state index is 4.52. The van der Waals surface area contributed by atoms with Gasteiger partial charge in [-0.05, 0) is 23.6 Å². The quantitative estimate of drug-likeness (QED) is 0.741. The highest BCUT2D eigenvalue weighted by molar-refractivity contribution is 5.83. The van der Waals surface area contributed by atoms with Gasteiger partial charge in [-0.2, -0.15) is 0 Å². The predicted molar refractivity (Wildman–Crippen MR) is 72.9 cm³/mol. The molecule has 3 nitrogen and oxygen atoms in total. The summed E-state index contributed by atoms with van der Waals surface area (Å²) in [6, 6.07) is 4.15.